The van der Waals surface area contributed by atoms with Gasteiger partial charge in [-0.1, -0.05) is 24.3 Å². The summed E-state index contributed by atoms with van der Waals surface area (Å²) < 4.78 is 34.5. The first kappa shape index (κ1) is 25.1. The molecule has 2 fully saturated rings. The van der Waals surface area contributed by atoms with E-state index in [-0.39, 0.29) is 10.5 Å². The lowest BCUT2D eigenvalue weighted by Gasteiger charge is -2.26. The SMILES string of the molecule is Cc1nn(-c2ccccc2)c(N2CCCC2)c1/C=N/NC(=O)c1cccc(S(=O)(=O)N2CCOCC2)c1. The lowest BCUT2D eigenvalue weighted by atomic mass is 10.2. The van der Waals surface area contributed by atoms with Gasteiger partial charge in [-0.05, 0) is 50.1 Å². The third-order valence-corrected chi connectivity index (χ3v) is 8.45. The van der Waals surface area contributed by atoms with Crippen LogP contribution in [0.1, 0.15) is 34.5 Å². The normalized spacial score (nSPS) is 16.9. The Morgan fingerprint density at radius 3 is 2.49 bits per heavy atom. The maximum absolute atomic E-state index is 13.0. The molecule has 2 aliphatic rings. The number of carbonyl (C=O) groups is 1. The van der Waals surface area contributed by atoms with E-state index >= 15 is 0 Å². The number of anilines is 1. The molecule has 0 spiro atoms. The molecule has 5 rings (SSSR count). The Kier molecular flexibility index (Phi) is 7.36. The summed E-state index contributed by atoms with van der Waals surface area (Å²) in [5.41, 5.74) is 5.33. The van der Waals surface area contributed by atoms with Crippen molar-refractivity contribution in [3.8, 4) is 5.69 Å². The first-order chi connectivity index (χ1) is 17.9. The van der Waals surface area contributed by atoms with E-state index < -0.39 is 15.9 Å². The van der Waals surface area contributed by atoms with Crippen molar-refractivity contribution in [2.75, 3.05) is 44.3 Å². The van der Waals surface area contributed by atoms with Crippen molar-refractivity contribution in [1.82, 2.24) is 19.5 Å². The summed E-state index contributed by atoms with van der Waals surface area (Å²) in [6.07, 6.45) is 3.83. The van der Waals surface area contributed by atoms with Gasteiger partial charge in [-0.25, -0.2) is 18.5 Å². The second-order valence-electron chi connectivity index (χ2n) is 9.01. The summed E-state index contributed by atoms with van der Waals surface area (Å²) in [5, 5.41) is 8.97. The number of morpholine rings is 1. The molecule has 10 nitrogen and oxygen atoms in total. The van der Waals surface area contributed by atoms with Crippen molar-refractivity contribution in [3.63, 3.8) is 0 Å². The number of nitrogens with one attached hydrogen (secondary N) is 1. The molecule has 0 radical (unpaired) electrons. The van der Waals surface area contributed by atoms with Crippen molar-refractivity contribution in [2.24, 2.45) is 5.10 Å². The molecule has 1 amide bonds. The number of para-hydroxylation sites is 1. The quantitative estimate of drug-likeness (QED) is 0.377. The predicted molar refractivity (Wildman–Crippen MR) is 141 cm³/mol. The van der Waals surface area contributed by atoms with Gasteiger partial charge in [0.1, 0.15) is 5.82 Å². The third-order valence-electron chi connectivity index (χ3n) is 6.55. The van der Waals surface area contributed by atoms with E-state index in [1.165, 1.54) is 16.4 Å². The molecular formula is C26H30N6O4S. The third kappa shape index (κ3) is 5.29. The van der Waals surface area contributed by atoms with Crippen LogP contribution in [0.25, 0.3) is 5.69 Å². The van der Waals surface area contributed by atoms with Crippen LogP contribution in [-0.4, -0.2) is 74.0 Å². The molecule has 0 unspecified atom stereocenters. The van der Waals surface area contributed by atoms with Crippen LogP contribution in [0.5, 0.6) is 0 Å². The Labute approximate surface area is 216 Å². The largest absolute Gasteiger partial charge is 0.379 e. The van der Waals surface area contributed by atoms with E-state index in [2.05, 4.69) is 15.4 Å². The maximum atomic E-state index is 13.0. The molecule has 37 heavy (non-hydrogen) atoms. The minimum absolute atomic E-state index is 0.0716. The van der Waals surface area contributed by atoms with Crippen LogP contribution in [0.2, 0.25) is 0 Å². The number of rotatable bonds is 7. The van der Waals surface area contributed by atoms with E-state index in [1.54, 1.807) is 18.3 Å². The van der Waals surface area contributed by atoms with Crippen molar-refractivity contribution < 1.29 is 17.9 Å². The number of hydrogen-bond donors (Lipinski definition) is 1. The molecular weight excluding hydrogens is 492 g/mol. The highest BCUT2D eigenvalue weighted by Crippen LogP contribution is 2.29. The summed E-state index contributed by atoms with van der Waals surface area (Å²) in [5.74, 6) is 0.448. The Morgan fingerprint density at radius 2 is 1.76 bits per heavy atom. The van der Waals surface area contributed by atoms with Crippen molar-refractivity contribution in [3.05, 3.63) is 71.4 Å². The van der Waals surface area contributed by atoms with Crippen LogP contribution in [0, 0.1) is 6.92 Å². The first-order valence-corrected chi connectivity index (χ1v) is 13.8. The Morgan fingerprint density at radius 1 is 1.03 bits per heavy atom. The number of sulfonamides is 1. The molecule has 0 bridgehead atoms. The van der Waals surface area contributed by atoms with E-state index in [1.807, 2.05) is 41.9 Å². The second kappa shape index (κ2) is 10.8. The predicted octanol–water partition coefficient (Wildman–Crippen LogP) is 2.57. The second-order valence-corrected chi connectivity index (χ2v) is 10.9. The van der Waals surface area contributed by atoms with E-state index in [4.69, 9.17) is 9.84 Å². The number of aryl methyl sites for hydroxylation is 1. The molecule has 0 saturated carbocycles. The zero-order valence-corrected chi connectivity index (χ0v) is 21.5. The van der Waals surface area contributed by atoms with Gasteiger partial charge in [0.25, 0.3) is 5.91 Å². The number of nitrogens with zero attached hydrogens (tertiary/aromatic N) is 5. The summed E-state index contributed by atoms with van der Waals surface area (Å²) in [6.45, 7) is 5.06. The summed E-state index contributed by atoms with van der Waals surface area (Å²) >= 11 is 0. The summed E-state index contributed by atoms with van der Waals surface area (Å²) in [7, 11) is -3.71. The molecule has 2 aromatic carbocycles. The van der Waals surface area contributed by atoms with Crippen LogP contribution in [0.3, 0.4) is 0 Å². The molecule has 2 saturated heterocycles. The lowest BCUT2D eigenvalue weighted by Crippen LogP contribution is -2.40. The average Bonchev–Trinajstić information content (AvgIpc) is 3.58. The van der Waals surface area contributed by atoms with Crippen molar-refractivity contribution >= 4 is 28.0 Å². The molecule has 1 aromatic heterocycles. The van der Waals surface area contributed by atoms with Crippen LogP contribution in [-0.2, 0) is 14.8 Å². The highest BCUT2D eigenvalue weighted by molar-refractivity contribution is 7.89. The molecule has 2 aliphatic heterocycles. The van der Waals surface area contributed by atoms with E-state index in [0.29, 0.717) is 26.3 Å². The minimum Gasteiger partial charge on any atom is -0.379 e. The number of aromatic nitrogens is 2. The minimum atomic E-state index is -3.71. The fraction of sp³-hybridized carbons (Fsp3) is 0.346. The van der Waals surface area contributed by atoms with Crippen molar-refractivity contribution in [2.45, 2.75) is 24.7 Å². The Balaban J connectivity index is 1.37. The molecule has 3 heterocycles. The summed E-state index contributed by atoms with van der Waals surface area (Å²) in [6, 6.07) is 15.9. The van der Waals surface area contributed by atoms with Crippen LogP contribution < -0.4 is 10.3 Å². The van der Waals surface area contributed by atoms with Gasteiger partial charge in [0.2, 0.25) is 10.0 Å². The van der Waals surface area contributed by atoms with Gasteiger partial charge in [-0.15, -0.1) is 0 Å². The van der Waals surface area contributed by atoms with E-state index in [9.17, 15) is 13.2 Å². The highest BCUT2D eigenvalue weighted by Gasteiger charge is 2.27. The molecule has 3 aromatic rings. The van der Waals surface area contributed by atoms with Gasteiger partial charge >= 0.3 is 0 Å². The van der Waals surface area contributed by atoms with Crippen molar-refractivity contribution in [1.29, 1.82) is 0 Å². The van der Waals surface area contributed by atoms with Gasteiger partial charge in [-0.3, -0.25) is 4.79 Å². The number of benzene rings is 2. The topological polar surface area (TPSA) is 109 Å². The van der Waals surface area contributed by atoms with Gasteiger partial charge in [0, 0.05) is 31.7 Å². The Hall–Kier alpha value is -3.54. The average molecular weight is 523 g/mol. The molecule has 194 valence electrons. The lowest BCUT2D eigenvalue weighted by molar-refractivity contribution is 0.0730. The van der Waals surface area contributed by atoms with Gasteiger partial charge < -0.3 is 9.64 Å². The number of ether oxygens (including phenoxy) is 1. The summed E-state index contributed by atoms with van der Waals surface area (Å²) in [4.78, 5) is 15.2. The highest BCUT2D eigenvalue weighted by atomic mass is 32.2. The van der Waals surface area contributed by atoms with Crippen LogP contribution >= 0.6 is 0 Å². The van der Waals surface area contributed by atoms with Gasteiger partial charge in [0.15, 0.2) is 0 Å². The van der Waals surface area contributed by atoms with Gasteiger partial charge in [-0.2, -0.15) is 14.5 Å². The van der Waals surface area contributed by atoms with E-state index in [0.717, 1.165) is 48.7 Å². The van der Waals surface area contributed by atoms with Crippen LogP contribution in [0.4, 0.5) is 5.82 Å². The number of amides is 1. The standard InChI is InChI=1S/C26H30N6O4S/c1-20-24(26(30-12-5-6-13-30)32(29-20)22-9-3-2-4-10-22)19-27-28-25(33)21-8-7-11-23(18-21)37(34,35)31-14-16-36-17-15-31/h2-4,7-11,18-19H,5-6,12-17H2,1H3,(H,28,33)/b27-19+. The zero-order valence-electron chi connectivity index (χ0n) is 20.7. The first-order valence-electron chi connectivity index (χ1n) is 12.4. The maximum Gasteiger partial charge on any atom is 0.271 e. The monoisotopic (exact) mass is 522 g/mol. The molecule has 0 atom stereocenters. The van der Waals surface area contributed by atoms with Crippen LogP contribution in [0.15, 0.2) is 64.6 Å². The number of hydrazone groups is 1. The fourth-order valence-corrected chi connectivity index (χ4v) is 6.07. The smallest absolute Gasteiger partial charge is 0.271 e. The zero-order chi connectivity index (χ0) is 25.8. The fourth-order valence-electron chi connectivity index (χ4n) is 4.61. The molecule has 11 heteroatoms. The van der Waals surface area contributed by atoms with Gasteiger partial charge in [0.05, 0.1) is 41.3 Å². The molecule has 0 aliphatic carbocycles. The Bertz CT molecular complexity index is 1390. The number of carbonyl (C=O) groups excluding carboxylic acids is 1. The number of hydrogen-bond acceptors (Lipinski definition) is 7. The molecule has 1 N–H and O–H groups in total.